The molecule has 0 radical (unpaired) electrons. The van der Waals surface area contributed by atoms with Gasteiger partial charge in [0.05, 0.1) is 0 Å². The fourth-order valence-electron chi connectivity index (χ4n) is 1.12. The Labute approximate surface area is 74.2 Å². The smallest absolute Gasteiger partial charge is 0.214 e. The molecule has 2 rings (SSSR count). The summed E-state index contributed by atoms with van der Waals surface area (Å²) >= 11 is 0. The summed E-state index contributed by atoms with van der Waals surface area (Å²) in [4.78, 5) is 12.6. The zero-order valence-electron chi connectivity index (χ0n) is 7.14. The van der Waals surface area contributed by atoms with Crippen molar-refractivity contribution in [2.24, 2.45) is 7.05 Å². The molecule has 5 heteroatoms. The normalized spacial score (nSPS) is 10.2. The first-order valence-corrected chi connectivity index (χ1v) is 3.88. The van der Waals surface area contributed by atoms with Crippen molar-refractivity contribution in [3.63, 3.8) is 0 Å². The second-order valence-corrected chi connectivity index (χ2v) is 2.68. The minimum atomic E-state index is -0.242. The van der Waals surface area contributed by atoms with Gasteiger partial charge in [-0.1, -0.05) is 23.0 Å². The maximum Gasteiger partial charge on any atom is 0.471 e. The SMILES string of the molecule is C[n+]1nn(-c2ccccc2)c(=O)[nH]1. The van der Waals surface area contributed by atoms with Crippen molar-refractivity contribution < 1.29 is 4.80 Å². The van der Waals surface area contributed by atoms with Crippen molar-refractivity contribution in [2.75, 3.05) is 0 Å². The van der Waals surface area contributed by atoms with Crippen molar-refractivity contribution in [1.29, 1.82) is 0 Å². The topological polar surface area (TPSA) is 54.6 Å². The molecule has 66 valence electrons. The monoisotopic (exact) mass is 177 g/mol. The van der Waals surface area contributed by atoms with Gasteiger partial charge in [0.15, 0.2) is 5.69 Å². The Morgan fingerprint density at radius 1 is 1.38 bits per heavy atom. The van der Waals surface area contributed by atoms with E-state index in [-0.39, 0.29) is 5.69 Å². The van der Waals surface area contributed by atoms with Crippen LogP contribution in [0.15, 0.2) is 35.1 Å². The van der Waals surface area contributed by atoms with E-state index in [9.17, 15) is 4.79 Å². The highest BCUT2D eigenvalue weighted by atomic mass is 16.2. The first-order chi connectivity index (χ1) is 6.27. The zero-order valence-corrected chi connectivity index (χ0v) is 7.14. The van der Waals surface area contributed by atoms with E-state index >= 15 is 0 Å². The second-order valence-electron chi connectivity index (χ2n) is 2.68. The Morgan fingerprint density at radius 3 is 2.62 bits per heavy atom. The highest BCUT2D eigenvalue weighted by molar-refractivity contribution is 5.28. The van der Waals surface area contributed by atoms with Gasteiger partial charge in [0.2, 0.25) is 0 Å². The Morgan fingerprint density at radius 2 is 2.08 bits per heavy atom. The quantitative estimate of drug-likeness (QED) is 0.590. The van der Waals surface area contributed by atoms with Crippen LogP contribution in [0.5, 0.6) is 0 Å². The zero-order chi connectivity index (χ0) is 9.26. The third-order valence-electron chi connectivity index (χ3n) is 1.67. The molecule has 0 spiro atoms. The number of aryl methyl sites for hydroxylation is 1. The molecular weight excluding hydrogens is 168 g/mol. The Hall–Kier alpha value is -1.91. The molecule has 0 unspecified atom stereocenters. The standard InChI is InChI=1S/C8H8N4O/c1-11-9-8(13)12(10-11)7-5-3-2-4-6-7/h2-6H,1H3/p+1. The van der Waals surface area contributed by atoms with Gasteiger partial charge in [-0.2, -0.15) is 0 Å². The summed E-state index contributed by atoms with van der Waals surface area (Å²) in [6.45, 7) is 0. The van der Waals surface area contributed by atoms with Crippen molar-refractivity contribution in [2.45, 2.75) is 0 Å². The molecule has 0 saturated carbocycles. The van der Waals surface area contributed by atoms with Crippen LogP contribution in [0.4, 0.5) is 0 Å². The fraction of sp³-hybridized carbons (Fsp3) is 0.125. The van der Waals surface area contributed by atoms with Crippen molar-refractivity contribution in [3.05, 3.63) is 40.8 Å². The van der Waals surface area contributed by atoms with Crippen LogP contribution < -0.4 is 10.5 Å². The lowest BCUT2D eigenvalue weighted by Crippen LogP contribution is -2.35. The molecule has 2 aromatic rings. The molecule has 0 aliphatic carbocycles. The first-order valence-electron chi connectivity index (χ1n) is 3.88. The van der Waals surface area contributed by atoms with Gasteiger partial charge < -0.3 is 0 Å². The number of hydrogen-bond donors (Lipinski definition) is 1. The Bertz CT molecular complexity index is 456. The number of aromatic nitrogens is 4. The summed E-state index contributed by atoms with van der Waals surface area (Å²) in [5, 5.41) is 6.46. The molecule has 1 aromatic heterocycles. The molecule has 0 fully saturated rings. The summed E-state index contributed by atoms with van der Waals surface area (Å²) in [7, 11) is 1.67. The van der Waals surface area contributed by atoms with E-state index in [0.717, 1.165) is 5.69 Å². The number of rotatable bonds is 1. The average molecular weight is 177 g/mol. The molecule has 1 N–H and O–H groups in total. The van der Waals surface area contributed by atoms with Gasteiger partial charge in [0.25, 0.3) is 0 Å². The molecule has 0 aliphatic heterocycles. The number of nitrogens with zero attached hydrogens (tertiary/aromatic N) is 3. The number of nitrogens with one attached hydrogen (secondary N) is 1. The minimum absolute atomic E-state index is 0.242. The number of aromatic amines is 1. The van der Waals surface area contributed by atoms with Gasteiger partial charge in [-0.3, -0.25) is 0 Å². The van der Waals surface area contributed by atoms with Crippen LogP contribution in [-0.2, 0) is 7.05 Å². The molecule has 13 heavy (non-hydrogen) atoms. The molecule has 0 atom stereocenters. The van der Waals surface area contributed by atoms with Crippen molar-refractivity contribution in [1.82, 2.24) is 15.0 Å². The lowest BCUT2D eigenvalue weighted by molar-refractivity contribution is -0.785. The summed E-state index contributed by atoms with van der Waals surface area (Å²) in [5.74, 6) is 0. The highest BCUT2D eigenvalue weighted by Crippen LogP contribution is 1.99. The minimum Gasteiger partial charge on any atom is -0.214 e. The number of benzene rings is 1. The maximum absolute atomic E-state index is 11.3. The second kappa shape index (κ2) is 2.85. The Kier molecular flexibility index (Phi) is 1.70. The van der Waals surface area contributed by atoms with Crippen LogP contribution >= 0.6 is 0 Å². The van der Waals surface area contributed by atoms with Gasteiger partial charge >= 0.3 is 5.69 Å². The molecule has 0 saturated heterocycles. The molecule has 1 aromatic carbocycles. The van der Waals surface area contributed by atoms with Crippen LogP contribution in [0.3, 0.4) is 0 Å². The first kappa shape index (κ1) is 7.72. The van der Waals surface area contributed by atoms with E-state index < -0.39 is 0 Å². The summed E-state index contributed by atoms with van der Waals surface area (Å²) in [6.07, 6.45) is 0. The number of para-hydroxylation sites is 1. The van der Waals surface area contributed by atoms with Crippen molar-refractivity contribution >= 4 is 0 Å². The van der Waals surface area contributed by atoms with Gasteiger partial charge in [0.1, 0.15) is 12.3 Å². The molecule has 0 amide bonds. The summed E-state index contributed by atoms with van der Waals surface area (Å²) < 4.78 is 1.31. The molecular formula is C8H9N4O+. The molecule has 1 heterocycles. The van der Waals surface area contributed by atoms with Gasteiger partial charge in [-0.05, 0) is 16.8 Å². The molecule has 0 bridgehead atoms. The number of tetrazole rings is 1. The van der Waals surface area contributed by atoms with E-state index in [1.807, 2.05) is 30.3 Å². The number of H-pyrrole nitrogens is 1. The largest absolute Gasteiger partial charge is 0.471 e. The van der Waals surface area contributed by atoms with Crippen LogP contribution in [0.25, 0.3) is 5.69 Å². The lowest BCUT2D eigenvalue weighted by Gasteiger charge is -1.87. The lowest BCUT2D eigenvalue weighted by atomic mass is 10.3. The van der Waals surface area contributed by atoms with E-state index in [0.29, 0.717) is 0 Å². The van der Waals surface area contributed by atoms with Gasteiger partial charge in [-0.25, -0.2) is 4.79 Å². The van der Waals surface area contributed by atoms with Crippen molar-refractivity contribution in [3.8, 4) is 5.69 Å². The van der Waals surface area contributed by atoms with Gasteiger partial charge in [-0.15, -0.1) is 5.10 Å². The maximum atomic E-state index is 11.3. The predicted molar refractivity (Wildman–Crippen MR) is 45.4 cm³/mol. The van der Waals surface area contributed by atoms with Crippen LogP contribution in [0, 0.1) is 0 Å². The molecule has 0 aliphatic rings. The Balaban J connectivity index is 2.59. The van der Waals surface area contributed by atoms with E-state index in [1.54, 1.807) is 7.05 Å². The van der Waals surface area contributed by atoms with Crippen LogP contribution in [0.2, 0.25) is 0 Å². The predicted octanol–water partition coefficient (Wildman–Crippen LogP) is -0.615. The van der Waals surface area contributed by atoms with E-state index in [1.165, 1.54) is 9.48 Å². The average Bonchev–Trinajstić information content (AvgIpc) is 2.47. The highest BCUT2D eigenvalue weighted by Gasteiger charge is 2.11. The van der Waals surface area contributed by atoms with E-state index in [2.05, 4.69) is 10.3 Å². The molecule has 5 nitrogen and oxygen atoms in total. The van der Waals surface area contributed by atoms with E-state index in [4.69, 9.17) is 0 Å². The van der Waals surface area contributed by atoms with Crippen LogP contribution in [0.1, 0.15) is 0 Å². The fourth-order valence-corrected chi connectivity index (χ4v) is 1.12. The number of hydrogen-bond acceptors (Lipinski definition) is 2. The van der Waals surface area contributed by atoms with Gasteiger partial charge in [0, 0.05) is 0 Å². The van der Waals surface area contributed by atoms with Crippen LogP contribution in [-0.4, -0.2) is 15.0 Å². The third-order valence-corrected chi connectivity index (χ3v) is 1.67. The third kappa shape index (κ3) is 1.35. The summed E-state index contributed by atoms with van der Waals surface area (Å²) in [5.41, 5.74) is 0.512. The summed E-state index contributed by atoms with van der Waals surface area (Å²) in [6, 6.07) is 9.25.